The number of rotatable bonds is 14. The number of carbonyl (C=O) groups excluding carboxylic acids is 1. The highest BCUT2D eigenvalue weighted by molar-refractivity contribution is 5.79. The minimum absolute atomic E-state index is 0.0342. The highest BCUT2D eigenvalue weighted by atomic mass is 16.7. The van der Waals surface area contributed by atoms with Crippen molar-refractivity contribution in [1.29, 1.82) is 0 Å². The molecule has 2 aliphatic heterocycles. The summed E-state index contributed by atoms with van der Waals surface area (Å²) < 4.78 is 11.0. The molecule has 4 rings (SSSR count). The Morgan fingerprint density at radius 1 is 1.13 bits per heavy atom. The Hall–Kier alpha value is -3.24. The van der Waals surface area contributed by atoms with E-state index in [0.29, 0.717) is 56.3 Å². The van der Waals surface area contributed by atoms with Crippen LogP contribution in [0.4, 0.5) is 0 Å². The third-order valence-corrected chi connectivity index (χ3v) is 7.50. The Balaban J connectivity index is 1.57. The number of unbranched alkanes of at least 4 members (excludes halogenated alkanes) is 2. The average Bonchev–Trinajstić information content (AvgIpc) is 3.54. The van der Waals surface area contributed by atoms with Gasteiger partial charge in [-0.1, -0.05) is 19.4 Å². The molecule has 0 spiro atoms. The second-order valence-electron chi connectivity index (χ2n) is 10.0. The largest absolute Gasteiger partial charge is 0.481 e. The van der Waals surface area contributed by atoms with E-state index in [4.69, 9.17) is 15.2 Å². The number of likely N-dealkylation sites (tertiary alicyclic amines) is 1. The molecule has 0 saturated carbocycles. The molecule has 206 valence electrons. The number of nitrogens with two attached hydrogens (primary N) is 1. The smallest absolute Gasteiger partial charge is 0.308 e. The summed E-state index contributed by atoms with van der Waals surface area (Å²) in [6.07, 6.45) is 8.11. The molecule has 1 amide bonds. The molecule has 1 aromatic carbocycles. The second kappa shape index (κ2) is 13.5. The first-order valence-corrected chi connectivity index (χ1v) is 13.6. The highest BCUT2D eigenvalue weighted by Crippen LogP contribution is 2.42. The lowest BCUT2D eigenvalue weighted by molar-refractivity contribution is -0.143. The first kappa shape index (κ1) is 27.8. The summed E-state index contributed by atoms with van der Waals surface area (Å²) in [6.45, 7) is 4.88. The standard InChI is InChI=1S/C28H39N5O5/c1-2-3-14-32(15-5-4-11-29)26(34)18-33-17-21(20-7-9-23-24(16-20)38-19-37-23)27(28(35)36)22(33)8-10-25-30-12-6-13-31-25/h6-7,9,12-13,16,21-22,27H,2-5,8,10-11,14-15,17-19,29H2,1H3,(H,35,36). The molecular formula is C28H39N5O5. The third kappa shape index (κ3) is 6.79. The topological polar surface area (TPSA) is 131 Å². The SMILES string of the molecule is CCCCN(CCCCN)C(=O)CN1CC(c2ccc3c(c2)OCO3)C(C(=O)O)C1CCc1ncccn1. The molecule has 10 nitrogen and oxygen atoms in total. The minimum atomic E-state index is -0.868. The Morgan fingerprint density at radius 3 is 2.63 bits per heavy atom. The number of ether oxygens (including phenoxy) is 2. The van der Waals surface area contributed by atoms with Gasteiger partial charge < -0.3 is 25.2 Å². The van der Waals surface area contributed by atoms with Gasteiger partial charge in [0.25, 0.3) is 0 Å². The van der Waals surface area contributed by atoms with E-state index in [0.717, 1.165) is 31.2 Å². The fourth-order valence-electron chi connectivity index (χ4n) is 5.50. The summed E-state index contributed by atoms with van der Waals surface area (Å²) >= 11 is 0. The number of carboxylic acids is 1. The molecule has 1 aromatic heterocycles. The minimum Gasteiger partial charge on any atom is -0.481 e. The van der Waals surface area contributed by atoms with Gasteiger partial charge in [0.05, 0.1) is 12.5 Å². The van der Waals surface area contributed by atoms with Crippen molar-refractivity contribution >= 4 is 11.9 Å². The molecule has 1 saturated heterocycles. The van der Waals surface area contributed by atoms with Gasteiger partial charge in [-0.2, -0.15) is 0 Å². The van der Waals surface area contributed by atoms with Gasteiger partial charge in [-0.25, -0.2) is 9.97 Å². The van der Waals surface area contributed by atoms with Crippen LogP contribution in [0.3, 0.4) is 0 Å². The summed E-state index contributed by atoms with van der Waals surface area (Å²) in [6, 6.07) is 7.05. The normalized spacial score (nSPS) is 20.5. The molecular weight excluding hydrogens is 486 g/mol. The lowest BCUT2D eigenvalue weighted by Gasteiger charge is -2.29. The summed E-state index contributed by atoms with van der Waals surface area (Å²) in [5.74, 6) is 0.139. The second-order valence-corrected chi connectivity index (χ2v) is 10.0. The number of carbonyl (C=O) groups is 2. The zero-order chi connectivity index (χ0) is 26.9. The lowest BCUT2D eigenvalue weighted by Crippen LogP contribution is -2.45. The number of aryl methyl sites for hydroxylation is 1. The molecule has 10 heteroatoms. The van der Waals surface area contributed by atoms with E-state index in [1.54, 1.807) is 18.5 Å². The number of nitrogens with zero attached hydrogens (tertiary/aromatic N) is 4. The fraction of sp³-hybridized carbons (Fsp3) is 0.571. The van der Waals surface area contributed by atoms with Gasteiger partial charge in [-0.05, 0) is 56.0 Å². The highest BCUT2D eigenvalue weighted by Gasteiger charge is 2.47. The predicted molar refractivity (Wildman–Crippen MR) is 142 cm³/mol. The van der Waals surface area contributed by atoms with Gasteiger partial charge in [0.1, 0.15) is 5.82 Å². The van der Waals surface area contributed by atoms with Gasteiger partial charge in [-0.15, -0.1) is 0 Å². The molecule has 3 heterocycles. The zero-order valence-corrected chi connectivity index (χ0v) is 22.1. The van der Waals surface area contributed by atoms with Crippen molar-refractivity contribution in [2.75, 3.05) is 39.5 Å². The summed E-state index contributed by atoms with van der Waals surface area (Å²) in [4.78, 5) is 38.9. The van der Waals surface area contributed by atoms with Gasteiger partial charge >= 0.3 is 5.97 Å². The molecule has 1 fully saturated rings. The Kier molecular flexibility index (Phi) is 9.89. The van der Waals surface area contributed by atoms with Crippen LogP contribution in [-0.2, 0) is 16.0 Å². The van der Waals surface area contributed by atoms with E-state index in [-0.39, 0.29) is 31.2 Å². The predicted octanol–water partition coefficient (Wildman–Crippen LogP) is 2.67. The van der Waals surface area contributed by atoms with Crippen LogP contribution in [0.2, 0.25) is 0 Å². The summed E-state index contributed by atoms with van der Waals surface area (Å²) in [5.41, 5.74) is 6.55. The van der Waals surface area contributed by atoms with Crippen LogP contribution >= 0.6 is 0 Å². The first-order valence-electron chi connectivity index (χ1n) is 13.6. The maximum Gasteiger partial charge on any atom is 0.308 e. The Morgan fingerprint density at radius 2 is 1.89 bits per heavy atom. The van der Waals surface area contributed by atoms with Crippen LogP contribution in [0, 0.1) is 5.92 Å². The van der Waals surface area contributed by atoms with Crippen molar-refractivity contribution < 1.29 is 24.2 Å². The van der Waals surface area contributed by atoms with Crippen molar-refractivity contribution in [2.45, 2.75) is 57.4 Å². The molecule has 3 N–H and O–H groups in total. The molecule has 2 aliphatic rings. The number of carboxylic acid groups (broad SMARTS) is 1. The van der Waals surface area contributed by atoms with Crippen molar-refractivity contribution in [3.63, 3.8) is 0 Å². The Labute approximate surface area is 224 Å². The molecule has 3 atom stereocenters. The van der Waals surface area contributed by atoms with E-state index < -0.39 is 11.9 Å². The lowest BCUT2D eigenvalue weighted by atomic mass is 9.83. The van der Waals surface area contributed by atoms with E-state index in [2.05, 4.69) is 21.8 Å². The van der Waals surface area contributed by atoms with Gasteiger partial charge in [0.15, 0.2) is 11.5 Å². The number of benzene rings is 1. The molecule has 38 heavy (non-hydrogen) atoms. The van der Waals surface area contributed by atoms with Gasteiger partial charge in [0.2, 0.25) is 12.7 Å². The van der Waals surface area contributed by atoms with Crippen LogP contribution in [0.15, 0.2) is 36.7 Å². The number of hydrogen-bond acceptors (Lipinski definition) is 8. The molecule has 0 bridgehead atoms. The van der Waals surface area contributed by atoms with Crippen LogP contribution in [0.1, 0.15) is 56.3 Å². The number of amides is 1. The van der Waals surface area contributed by atoms with E-state index in [9.17, 15) is 14.7 Å². The number of hydrogen-bond donors (Lipinski definition) is 2. The van der Waals surface area contributed by atoms with Crippen molar-refractivity contribution in [3.8, 4) is 11.5 Å². The summed E-state index contributed by atoms with van der Waals surface area (Å²) in [7, 11) is 0. The fourth-order valence-corrected chi connectivity index (χ4v) is 5.50. The maximum atomic E-state index is 13.5. The first-order chi connectivity index (χ1) is 18.5. The van der Waals surface area contributed by atoms with E-state index >= 15 is 0 Å². The van der Waals surface area contributed by atoms with Crippen molar-refractivity contribution in [2.24, 2.45) is 11.7 Å². The number of aromatic nitrogens is 2. The molecule has 2 aromatic rings. The third-order valence-electron chi connectivity index (χ3n) is 7.50. The Bertz CT molecular complexity index is 1070. The number of fused-ring (bicyclic) bond motifs is 1. The maximum absolute atomic E-state index is 13.5. The van der Waals surface area contributed by atoms with Crippen molar-refractivity contribution in [3.05, 3.63) is 48.0 Å². The van der Waals surface area contributed by atoms with E-state index in [1.807, 2.05) is 23.1 Å². The quantitative estimate of drug-likeness (QED) is 0.357. The van der Waals surface area contributed by atoms with Gasteiger partial charge in [-0.3, -0.25) is 14.5 Å². The molecule has 3 unspecified atom stereocenters. The molecule has 0 radical (unpaired) electrons. The van der Waals surface area contributed by atoms with Crippen LogP contribution < -0.4 is 15.2 Å². The molecule has 0 aliphatic carbocycles. The van der Waals surface area contributed by atoms with Crippen LogP contribution in [0.5, 0.6) is 11.5 Å². The zero-order valence-electron chi connectivity index (χ0n) is 22.1. The van der Waals surface area contributed by atoms with E-state index in [1.165, 1.54) is 0 Å². The van der Waals surface area contributed by atoms with Crippen molar-refractivity contribution in [1.82, 2.24) is 19.8 Å². The van der Waals surface area contributed by atoms with Crippen LogP contribution in [-0.4, -0.2) is 82.3 Å². The van der Waals surface area contributed by atoms with Gasteiger partial charge in [0, 0.05) is 50.4 Å². The number of aliphatic carboxylic acids is 1. The average molecular weight is 526 g/mol. The van der Waals surface area contributed by atoms with Crippen LogP contribution in [0.25, 0.3) is 0 Å². The monoisotopic (exact) mass is 525 g/mol. The summed E-state index contributed by atoms with van der Waals surface area (Å²) in [5, 5.41) is 10.4.